The van der Waals surface area contributed by atoms with Gasteiger partial charge in [-0.3, -0.25) is 4.79 Å². The van der Waals surface area contributed by atoms with Gasteiger partial charge in [0, 0.05) is 5.56 Å². The van der Waals surface area contributed by atoms with Crippen molar-refractivity contribution in [3.05, 3.63) is 29.3 Å². The number of hydrogen-bond donors (Lipinski definition) is 1. The summed E-state index contributed by atoms with van der Waals surface area (Å²) in [4.78, 5) is 10.8. The molecule has 1 rings (SSSR count). The summed E-state index contributed by atoms with van der Waals surface area (Å²) in [5.41, 5.74) is 5.69. The lowest BCUT2D eigenvalue weighted by molar-refractivity contribution is 0.1000. The van der Waals surface area contributed by atoms with Gasteiger partial charge in [0.25, 0.3) is 0 Å². The van der Waals surface area contributed by atoms with Crippen molar-refractivity contribution in [2.24, 2.45) is 5.73 Å². The van der Waals surface area contributed by atoms with E-state index in [1.54, 1.807) is 0 Å². The summed E-state index contributed by atoms with van der Waals surface area (Å²) in [5, 5.41) is 8.61. The largest absolute Gasteiger partial charge is 0.497 e. The Kier molecular flexibility index (Phi) is 2.50. The molecule has 0 saturated heterocycles. The van der Waals surface area contributed by atoms with Crippen LogP contribution >= 0.6 is 0 Å². The number of benzene rings is 1. The maximum atomic E-state index is 10.8. The van der Waals surface area contributed by atoms with Crippen molar-refractivity contribution >= 4 is 5.91 Å². The fourth-order valence-corrected chi connectivity index (χ4v) is 0.924. The molecule has 0 atom stereocenters. The van der Waals surface area contributed by atoms with Crippen LogP contribution in [0.1, 0.15) is 15.9 Å². The van der Waals surface area contributed by atoms with E-state index in [9.17, 15) is 4.79 Å². The summed E-state index contributed by atoms with van der Waals surface area (Å²) in [7, 11) is 1.46. The SMILES string of the molecule is COc1cc(C#N)cc(C(N)=O)c1. The van der Waals surface area contributed by atoms with Gasteiger partial charge in [0.05, 0.1) is 18.7 Å². The van der Waals surface area contributed by atoms with Gasteiger partial charge < -0.3 is 10.5 Å². The van der Waals surface area contributed by atoms with E-state index in [0.717, 1.165) is 0 Å². The first-order chi connectivity index (χ1) is 6.17. The highest BCUT2D eigenvalue weighted by Gasteiger charge is 2.04. The standard InChI is InChI=1S/C9H8N2O2/c1-13-8-3-6(5-10)2-7(4-8)9(11)12/h2-4H,1H3,(H2,11,12). The summed E-state index contributed by atoms with van der Waals surface area (Å²) in [6.07, 6.45) is 0. The maximum absolute atomic E-state index is 10.8. The van der Waals surface area contributed by atoms with Crippen molar-refractivity contribution < 1.29 is 9.53 Å². The monoisotopic (exact) mass is 176 g/mol. The third-order valence-electron chi connectivity index (χ3n) is 1.56. The first-order valence-corrected chi connectivity index (χ1v) is 3.56. The minimum Gasteiger partial charge on any atom is -0.497 e. The highest BCUT2D eigenvalue weighted by atomic mass is 16.5. The van der Waals surface area contributed by atoms with Gasteiger partial charge in [-0.1, -0.05) is 0 Å². The molecule has 2 N–H and O–H groups in total. The lowest BCUT2D eigenvalue weighted by Crippen LogP contribution is -2.11. The predicted molar refractivity (Wildman–Crippen MR) is 46.2 cm³/mol. The molecule has 0 aliphatic carbocycles. The zero-order valence-electron chi connectivity index (χ0n) is 7.07. The first kappa shape index (κ1) is 9.07. The average Bonchev–Trinajstić information content (AvgIpc) is 2.16. The van der Waals surface area contributed by atoms with Crippen molar-refractivity contribution in [2.45, 2.75) is 0 Å². The Balaban J connectivity index is 3.24. The van der Waals surface area contributed by atoms with Gasteiger partial charge in [0.2, 0.25) is 5.91 Å². The van der Waals surface area contributed by atoms with Crippen LogP contribution in [-0.2, 0) is 0 Å². The van der Waals surface area contributed by atoms with Crippen LogP contribution in [0.15, 0.2) is 18.2 Å². The van der Waals surface area contributed by atoms with Crippen LogP contribution in [0, 0.1) is 11.3 Å². The second kappa shape index (κ2) is 3.59. The van der Waals surface area contributed by atoms with Crippen LogP contribution in [0.3, 0.4) is 0 Å². The molecular weight excluding hydrogens is 168 g/mol. The number of ether oxygens (including phenoxy) is 1. The van der Waals surface area contributed by atoms with E-state index >= 15 is 0 Å². The molecule has 13 heavy (non-hydrogen) atoms. The summed E-state index contributed by atoms with van der Waals surface area (Å²) >= 11 is 0. The number of nitriles is 1. The molecule has 0 heterocycles. The minimum absolute atomic E-state index is 0.274. The molecule has 0 aliphatic rings. The third-order valence-corrected chi connectivity index (χ3v) is 1.56. The van der Waals surface area contributed by atoms with E-state index in [4.69, 9.17) is 15.7 Å². The summed E-state index contributed by atoms with van der Waals surface area (Å²) in [6, 6.07) is 6.35. The molecule has 1 aromatic rings. The number of carbonyl (C=O) groups excluding carboxylic acids is 1. The van der Waals surface area contributed by atoms with Crippen molar-refractivity contribution in [3.63, 3.8) is 0 Å². The quantitative estimate of drug-likeness (QED) is 0.719. The van der Waals surface area contributed by atoms with Crippen LogP contribution in [0.4, 0.5) is 0 Å². The fourth-order valence-electron chi connectivity index (χ4n) is 0.924. The van der Waals surface area contributed by atoms with Gasteiger partial charge in [-0.05, 0) is 18.2 Å². The Hall–Kier alpha value is -2.02. The van der Waals surface area contributed by atoms with Crippen LogP contribution in [0.25, 0.3) is 0 Å². The smallest absolute Gasteiger partial charge is 0.248 e. The molecular formula is C9H8N2O2. The molecule has 4 nitrogen and oxygen atoms in total. The number of nitrogens with zero attached hydrogens (tertiary/aromatic N) is 1. The summed E-state index contributed by atoms with van der Waals surface area (Å²) in [6.45, 7) is 0. The Bertz CT molecular complexity index is 380. The van der Waals surface area contributed by atoms with Crippen LogP contribution in [0.5, 0.6) is 5.75 Å². The number of carbonyl (C=O) groups is 1. The number of primary amides is 1. The Morgan fingerprint density at radius 2 is 2.23 bits per heavy atom. The van der Waals surface area contributed by atoms with Gasteiger partial charge in [-0.2, -0.15) is 5.26 Å². The molecule has 0 aromatic heterocycles. The first-order valence-electron chi connectivity index (χ1n) is 3.56. The highest BCUT2D eigenvalue weighted by Crippen LogP contribution is 2.15. The van der Waals surface area contributed by atoms with Crippen molar-refractivity contribution in [2.75, 3.05) is 7.11 Å². The number of amides is 1. The number of methoxy groups -OCH3 is 1. The van der Waals surface area contributed by atoms with E-state index in [2.05, 4.69) is 0 Å². The van der Waals surface area contributed by atoms with Gasteiger partial charge in [-0.25, -0.2) is 0 Å². The Morgan fingerprint density at radius 3 is 2.69 bits per heavy atom. The molecule has 66 valence electrons. The molecule has 0 saturated carbocycles. The number of rotatable bonds is 2. The Morgan fingerprint density at radius 1 is 1.54 bits per heavy atom. The maximum Gasteiger partial charge on any atom is 0.248 e. The van der Waals surface area contributed by atoms with Gasteiger partial charge in [0.1, 0.15) is 5.75 Å². The summed E-state index contributed by atoms with van der Waals surface area (Å²) < 4.78 is 4.89. The van der Waals surface area contributed by atoms with E-state index in [0.29, 0.717) is 11.3 Å². The molecule has 1 aromatic carbocycles. The molecule has 0 fully saturated rings. The Labute approximate surface area is 75.5 Å². The van der Waals surface area contributed by atoms with Crippen molar-refractivity contribution in [3.8, 4) is 11.8 Å². The number of hydrogen-bond acceptors (Lipinski definition) is 3. The highest BCUT2D eigenvalue weighted by molar-refractivity contribution is 5.93. The van der Waals surface area contributed by atoms with Crippen molar-refractivity contribution in [1.29, 1.82) is 5.26 Å². The van der Waals surface area contributed by atoms with Crippen LogP contribution in [-0.4, -0.2) is 13.0 Å². The van der Waals surface area contributed by atoms with E-state index in [-0.39, 0.29) is 5.56 Å². The van der Waals surface area contributed by atoms with Crippen LogP contribution < -0.4 is 10.5 Å². The van der Waals surface area contributed by atoms with E-state index < -0.39 is 5.91 Å². The fraction of sp³-hybridized carbons (Fsp3) is 0.111. The van der Waals surface area contributed by atoms with Crippen molar-refractivity contribution in [1.82, 2.24) is 0 Å². The molecule has 0 radical (unpaired) electrons. The lowest BCUT2D eigenvalue weighted by Gasteiger charge is -2.01. The predicted octanol–water partition coefficient (Wildman–Crippen LogP) is 0.666. The topological polar surface area (TPSA) is 76.1 Å². The zero-order chi connectivity index (χ0) is 9.84. The second-order valence-electron chi connectivity index (χ2n) is 2.43. The zero-order valence-corrected chi connectivity index (χ0v) is 7.07. The van der Waals surface area contributed by atoms with Crippen LogP contribution in [0.2, 0.25) is 0 Å². The lowest BCUT2D eigenvalue weighted by atomic mass is 10.1. The van der Waals surface area contributed by atoms with E-state index in [1.807, 2.05) is 6.07 Å². The minimum atomic E-state index is -0.574. The molecule has 0 unspecified atom stereocenters. The van der Waals surface area contributed by atoms with Gasteiger partial charge in [0.15, 0.2) is 0 Å². The molecule has 0 bridgehead atoms. The normalized spacial score (nSPS) is 8.92. The molecule has 0 spiro atoms. The van der Waals surface area contributed by atoms with E-state index in [1.165, 1.54) is 25.3 Å². The van der Waals surface area contributed by atoms with Gasteiger partial charge >= 0.3 is 0 Å². The molecule has 1 amide bonds. The second-order valence-corrected chi connectivity index (χ2v) is 2.43. The molecule has 4 heteroatoms. The third kappa shape index (κ3) is 1.97. The number of nitrogens with two attached hydrogens (primary N) is 1. The average molecular weight is 176 g/mol. The van der Waals surface area contributed by atoms with Gasteiger partial charge in [-0.15, -0.1) is 0 Å². The summed E-state index contributed by atoms with van der Waals surface area (Å²) in [5.74, 6) is -0.122. The molecule has 0 aliphatic heterocycles.